The summed E-state index contributed by atoms with van der Waals surface area (Å²) in [6.07, 6.45) is 3.64. The fourth-order valence-electron chi connectivity index (χ4n) is 1.58. The highest BCUT2D eigenvalue weighted by Gasteiger charge is 2.08. The molecule has 1 heterocycles. The summed E-state index contributed by atoms with van der Waals surface area (Å²) >= 11 is 0. The van der Waals surface area contributed by atoms with E-state index in [9.17, 15) is 0 Å². The molecule has 0 N–H and O–H groups in total. The number of anilines is 2. The van der Waals surface area contributed by atoms with E-state index in [1.165, 1.54) is 0 Å². The standard InChI is InChI=1S/C12H12N4/c1-15-7-6-14-12(15)16(2)11-5-3-4-10(8-11)9-13/h3-8H,1-2H3. The van der Waals surface area contributed by atoms with E-state index in [2.05, 4.69) is 11.1 Å². The van der Waals surface area contributed by atoms with Gasteiger partial charge in [0.15, 0.2) is 0 Å². The Morgan fingerprint density at radius 2 is 2.25 bits per heavy atom. The number of hydrogen-bond acceptors (Lipinski definition) is 3. The third kappa shape index (κ3) is 1.75. The van der Waals surface area contributed by atoms with Gasteiger partial charge in [0.1, 0.15) is 0 Å². The Morgan fingerprint density at radius 3 is 2.88 bits per heavy atom. The van der Waals surface area contributed by atoms with Gasteiger partial charge in [0.25, 0.3) is 0 Å². The molecule has 0 radical (unpaired) electrons. The van der Waals surface area contributed by atoms with E-state index in [-0.39, 0.29) is 0 Å². The maximum absolute atomic E-state index is 8.84. The fourth-order valence-corrected chi connectivity index (χ4v) is 1.58. The predicted octanol–water partition coefficient (Wildman–Crippen LogP) is 2.06. The summed E-state index contributed by atoms with van der Waals surface area (Å²) < 4.78 is 1.93. The molecular formula is C12H12N4. The van der Waals surface area contributed by atoms with Crippen molar-refractivity contribution >= 4 is 11.6 Å². The van der Waals surface area contributed by atoms with Gasteiger partial charge in [-0.25, -0.2) is 4.98 Å². The second-order valence-electron chi connectivity index (χ2n) is 3.56. The molecule has 0 amide bonds. The second kappa shape index (κ2) is 4.07. The molecule has 0 aliphatic rings. The van der Waals surface area contributed by atoms with E-state index in [1.807, 2.05) is 48.0 Å². The third-order valence-electron chi connectivity index (χ3n) is 2.46. The Balaban J connectivity index is 2.38. The van der Waals surface area contributed by atoms with E-state index in [4.69, 9.17) is 5.26 Å². The first-order valence-electron chi connectivity index (χ1n) is 4.93. The van der Waals surface area contributed by atoms with Gasteiger partial charge in [0, 0.05) is 32.2 Å². The fraction of sp³-hybridized carbons (Fsp3) is 0.167. The van der Waals surface area contributed by atoms with Crippen LogP contribution in [0.3, 0.4) is 0 Å². The summed E-state index contributed by atoms with van der Waals surface area (Å²) in [6, 6.07) is 9.58. The van der Waals surface area contributed by atoms with Crippen molar-refractivity contribution in [1.82, 2.24) is 9.55 Å². The van der Waals surface area contributed by atoms with E-state index in [0.717, 1.165) is 11.6 Å². The first-order chi connectivity index (χ1) is 7.72. The van der Waals surface area contributed by atoms with Gasteiger partial charge in [0.2, 0.25) is 5.95 Å². The van der Waals surface area contributed by atoms with Crippen molar-refractivity contribution < 1.29 is 0 Å². The number of nitriles is 1. The number of imidazole rings is 1. The van der Waals surface area contributed by atoms with Gasteiger partial charge < -0.3 is 9.47 Å². The molecule has 2 rings (SSSR count). The van der Waals surface area contributed by atoms with Crippen LogP contribution in [-0.2, 0) is 7.05 Å². The summed E-state index contributed by atoms with van der Waals surface area (Å²) in [5.41, 5.74) is 1.60. The van der Waals surface area contributed by atoms with E-state index < -0.39 is 0 Å². The van der Waals surface area contributed by atoms with Crippen LogP contribution in [0.2, 0.25) is 0 Å². The van der Waals surface area contributed by atoms with Crippen molar-refractivity contribution in [3.63, 3.8) is 0 Å². The van der Waals surface area contributed by atoms with Crippen molar-refractivity contribution in [3.05, 3.63) is 42.2 Å². The smallest absolute Gasteiger partial charge is 0.209 e. The third-order valence-corrected chi connectivity index (χ3v) is 2.46. The molecule has 4 heteroatoms. The number of nitrogens with zero attached hydrogens (tertiary/aromatic N) is 4. The van der Waals surface area contributed by atoms with Crippen LogP contribution in [0.5, 0.6) is 0 Å². The average Bonchev–Trinajstić information content (AvgIpc) is 2.74. The maximum atomic E-state index is 8.84. The molecule has 4 nitrogen and oxygen atoms in total. The summed E-state index contributed by atoms with van der Waals surface area (Å²) in [5, 5.41) is 8.84. The first kappa shape index (κ1) is 10.2. The van der Waals surface area contributed by atoms with E-state index in [0.29, 0.717) is 5.56 Å². The van der Waals surface area contributed by atoms with Crippen LogP contribution in [0, 0.1) is 11.3 Å². The van der Waals surface area contributed by atoms with Crippen LogP contribution >= 0.6 is 0 Å². The zero-order valence-corrected chi connectivity index (χ0v) is 9.25. The second-order valence-corrected chi connectivity index (χ2v) is 3.56. The highest BCUT2D eigenvalue weighted by Crippen LogP contribution is 2.21. The molecule has 0 bridgehead atoms. The molecule has 1 aromatic carbocycles. The van der Waals surface area contributed by atoms with Gasteiger partial charge in [-0.05, 0) is 18.2 Å². The monoisotopic (exact) mass is 212 g/mol. The zero-order chi connectivity index (χ0) is 11.5. The van der Waals surface area contributed by atoms with Crippen molar-refractivity contribution in [2.75, 3.05) is 11.9 Å². The molecule has 2 aromatic rings. The lowest BCUT2D eigenvalue weighted by Crippen LogP contribution is -2.14. The van der Waals surface area contributed by atoms with Crippen LogP contribution in [0.4, 0.5) is 11.6 Å². The molecule has 80 valence electrons. The Labute approximate surface area is 94.4 Å². The van der Waals surface area contributed by atoms with Crippen LogP contribution < -0.4 is 4.90 Å². The highest BCUT2D eigenvalue weighted by atomic mass is 15.3. The van der Waals surface area contributed by atoms with Crippen LogP contribution in [0.25, 0.3) is 0 Å². The maximum Gasteiger partial charge on any atom is 0.209 e. The lowest BCUT2D eigenvalue weighted by molar-refractivity contribution is 0.884. The highest BCUT2D eigenvalue weighted by molar-refractivity contribution is 5.59. The van der Waals surface area contributed by atoms with Gasteiger partial charge in [-0.15, -0.1) is 0 Å². The quantitative estimate of drug-likeness (QED) is 0.765. The van der Waals surface area contributed by atoms with E-state index in [1.54, 1.807) is 12.3 Å². The minimum absolute atomic E-state index is 0.651. The van der Waals surface area contributed by atoms with Crippen LogP contribution in [0.1, 0.15) is 5.56 Å². The largest absolute Gasteiger partial charge is 0.320 e. The summed E-state index contributed by atoms with van der Waals surface area (Å²) in [4.78, 5) is 6.20. The summed E-state index contributed by atoms with van der Waals surface area (Å²) in [6.45, 7) is 0. The number of rotatable bonds is 2. The molecule has 0 saturated heterocycles. The number of benzene rings is 1. The molecule has 0 aliphatic carbocycles. The van der Waals surface area contributed by atoms with Gasteiger partial charge in [0.05, 0.1) is 11.6 Å². The average molecular weight is 212 g/mol. The Hall–Kier alpha value is -2.28. The zero-order valence-electron chi connectivity index (χ0n) is 9.25. The molecule has 1 aromatic heterocycles. The number of aryl methyl sites for hydroxylation is 1. The van der Waals surface area contributed by atoms with Gasteiger partial charge >= 0.3 is 0 Å². The summed E-state index contributed by atoms with van der Waals surface area (Å²) in [5.74, 6) is 0.843. The summed E-state index contributed by atoms with van der Waals surface area (Å²) in [7, 11) is 3.87. The lowest BCUT2D eigenvalue weighted by atomic mass is 10.2. The predicted molar refractivity (Wildman–Crippen MR) is 62.4 cm³/mol. The molecule has 0 atom stereocenters. The SMILES string of the molecule is CN(c1cccc(C#N)c1)c1nccn1C. The van der Waals surface area contributed by atoms with Crippen LogP contribution in [-0.4, -0.2) is 16.6 Å². The van der Waals surface area contributed by atoms with Gasteiger partial charge in [-0.3, -0.25) is 0 Å². The van der Waals surface area contributed by atoms with Crippen LogP contribution in [0.15, 0.2) is 36.7 Å². The van der Waals surface area contributed by atoms with Crippen molar-refractivity contribution in [3.8, 4) is 6.07 Å². The van der Waals surface area contributed by atoms with Gasteiger partial charge in [-0.2, -0.15) is 5.26 Å². The molecule has 0 fully saturated rings. The van der Waals surface area contributed by atoms with E-state index >= 15 is 0 Å². The topological polar surface area (TPSA) is 44.9 Å². The molecule has 0 spiro atoms. The minimum atomic E-state index is 0.651. The lowest BCUT2D eigenvalue weighted by Gasteiger charge is -2.18. The molecule has 0 unspecified atom stereocenters. The molecule has 0 saturated carbocycles. The molecule has 0 aliphatic heterocycles. The van der Waals surface area contributed by atoms with Crippen molar-refractivity contribution in [2.24, 2.45) is 7.05 Å². The Kier molecular flexibility index (Phi) is 2.61. The molecular weight excluding hydrogens is 200 g/mol. The van der Waals surface area contributed by atoms with Gasteiger partial charge in [-0.1, -0.05) is 6.07 Å². The number of hydrogen-bond donors (Lipinski definition) is 0. The number of aromatic nitrogens is 2. The van der Waals surface area contributed by atoms with Crippen molar-refractivity contribution in [2.45, 2.75) is 0 Å². The van der Waals surface area contributed by atoms with Crippen molar-refractivity contribution in [1.29, 1.82) is 5.26 Å². The Morgan fingerprint density at radius 1 is 1.44 bits per heavy atom. The normalized spacial score (nSPS) is 9.81. The Bertz CT molecular complexity index is 536. The molecule has 16 heavy (non-hydrogen) atoms. The first-order valence-corrected chi connectivity index (χ1v) is 4.93. The minimum Gasteiger partial charge on any atom is -0.320 e.